The molecule has 3 N–H and O–H groups in total. The SMILES string of the molecule is C=O.CF.Cc1ccc(-c2ccc(C)cc2)cc1.N. The average molecular weight is 263 g/mol. The molecule has 0 fully saturated rings. The standard InChI is InChI=1S/C14H14.CH3F.CH2O.H3N/c1-11-3-7-13(8-4-11)14-9-5-12(2)6-10-14;2*1-2;/h3-10H,1-2H3;1H3;1H2;1H3. The largest absolute Gasteiger partial charge is 0.344 e. The van der Waals surface area contributed by atoms with Crippen LogP contribution in [0, 0.1) is 13.8 Å². The maximum absolute atomic E-state index is 9.50. The Labute approximate surface area is 114 Å². The van der Waals surface area contributed by atoms with E-state index in [0.717, 1.165) is 0 Å². The van der Waals surface area contributed by atoms with Crippen molar-refractivity contribution in [1.29, 1.82) is 0 Å². The first-order valence-electron chi connectivity index (χ1n) is 5.56. The summed E-state index contributed by atoms with van der Waals surface area (Å²) in [7, 11) is 0.500. The predicted octanol–water partition coefficient (Wildman–Crippen LogP) is 4.53. The summed E-state index contributed by atoms with van der Waals surface area (Å²) in [6.07, 6.45) is 0. The van der Waals surface area contributed by atoms with Crippen LogP contribution in [0.2, 0.25) is 0 Å². The molecule has 0 saturated carbocycles. The van der Waals surface area contributed by atoms with Gasteiger partial charge in [0.25, 0.3) is 0 Å². The zero-order chi connectivity index (χ0) is 14.0. The molecule has 0 radical (unpaired) electrons. The van der Waals surface area contributed by atoms with Gasteiger partial charge in [-0.3, -0.25) is 4.39 Å². The topological polar surface area (TPSA) is 52.1 Å². The zero-order valence-electron chi connectivity index (χ0n) is 11.8. The summed E-state index contributed by atoms with van der Waals surface area (Å²) in [6.45, 7) is 6.22. The summed E-state index contributed by atoms with van der Waals surface area (Å²) in [5, 5.41) is 0. The molecular weight excluding hydrogens is 241 g/mol. The van der Waals surface area contributed by atoms with Crippen LogP contribution in [0.4, 0.5) is 4.39 Å². The molecule has 2 aromatic carbocycles. The van der Waals surface area contributed by atoms with Gasteiger partial charge < -0.3 is 10.9 Å². The Morgan fingerprint density at radius 2 is 0.895 bits per heavy atom. The van der Waals surface area contributed by atoms with Crippen LogP contribution in [-0.4, -0.2) is 14.0 Å². The maximum Gasteiger partial charge on any atom is 0.106 e. The van der Waals surface area contributed by atoms with Crippen molar-refractivity contribution in [1.82, 2.24) is 6.15 Å². The van der Waals surface area contributed by atoms with Crippen molar-refractivity contribution in [2.75, 3.05) is 7.18 Å². The molecule has 0 atom stereocenters. The number of alkyl halides is 1. The molecule has 2 nitrogen and oxygen atoms in total. The minimum atomic E-state index is 0. The van der Waals surface area contributed by atoms with Gasteiger partial charge in [-0.1, -0.05) is 59.7 Å². The summed E-state index contributed by atoms with van der Waals surface area (Å²) in [4.78, 5) is 8.00. The van der Waals surface area contributed by atoms with Crippen molar-refractivity contribution in [3.05, 3.63) is 59.7 Å². The molecule has 0 saturated heterocycles. The fourth-order valence-corrected chi connectivity index (χ4v) is 1.49. The second kappa shape index (κ2) is 11.1. The first-order valence-corrected chi connectivity index (χ1v) is 5.56. The number of benzene rings is 2. The molecule has 104 valence electrons. The van der Waals surface area contributed by atoms with E-state index in [1.807, 2.05) is 6.79 Å². The summed E-state index contributed by atoms with van der Waals surface area (Å²) >= 11 is 0. The molecule has 3 heteroatoms. The minimum Gasteiger partial charge on any atom is -0.344 e. The lowest BCUT2D eigenvalue weighted by molar-refractivity contribution is -0.0979. The third-order valence-corrected chi connectivity index (χ3v) is 2.44. The molecule has 0 aliphatic carbocycles. The predicted molar refractivity (Wildman–Crippen MR) is 80.5 cm³/mol. The zero-order valence-corrected chi connectivity index (χ0v) is 11.8. The first-order chi connectivity index (χ1) is 8.75. The van der Waals surface area contributed by atoms with Crippen LogP contribution in [0.25, 0.3) is 11.1 Å². The highest BCUT2D eigenvalue weighted by Gasteiger charge is 1.95. The Morgan fingerprint density at radius 1 is 0.684 bits per heavy atom. The molecule has 19 heavy (non-hydrogen) atoms. The number of carbonyl (C=O) groups is 1. The van der Waals surface area contributed by atoms with Gasteiger partial charge in [-0.05, 0) is 25.0 Å². The van der Waals surface area contributed by atoms with Crippen LogP contribution in [-0.2, 0) is 4.79 Å². The third-order valence-electron chi connectivity index (χ3n) is 2.44. The van der Waals surface area contributed by atoms with Crippen LogP contribution < -0.4 is 6.15 Å². The number of carbonyl (C=O) groups excluding carboxylic acids is 1. The molecule has 0 amide bonds. The molecule has 2 rings (SSSR count). The van der Waals surface area contributed by atoms with E-state index < -0.39 is 0 Å². The smallest absolute Gasteiger partial charge is 0.106 e. The van der Waals surface area contributed by atoms with Crippen molar-refractivity contribution in [3.63, 3.8) is 0 Å². The Balaban J connectivity index is 0. The van der Waals surface area contributed by atoms with Gasteiger partial charge in [0, 0.05) is 0 Å². The Hall–Kier alpha value is -2.00. The van der Waals surface area contributed by atoms with Crippen LogP contribution in [0.5, 0.6) is 0 Å². The lowest BCUT2D eigenvalue weighted by atomic mass is 10.0. The van der Waals surface area contributed by atoms with E-state index in [-0.39, 0.29) is 6.15 Å². The quantitative estimate of drug-likeness (QED) is 0.821. The molecule has 0 aromatic heterocycles. The number of hydrogen-bond donors (Lipinski definition) is 1. The van der Waals surface area contributed by atoms with E-state index in [9.17, 15) is 4.39 Å². The summed E-state index contributed by atoms with van der Waals surface area (Å²) in [6, 6.07) is 17.3. The van der Waals surface area contributed by atoms with E-state index in [1.165, 1.54) is 22.3 Å². The van der Waals surface area contributed by atoms with E-state index >= 15 is 0 Å². The van der Waals surface area contributed by atoms with Crippen molar-refractivity contribution in [3.8, 4) is 11.1 Å². The second-order valence-corrected chi connectivity index (χ2v) is 3.73. The average Bonchev–Trinajstić information content (AvgIpc) is 2.45. The summed E-state index contributed by atoms with van der Waals surface area (Å²) in [5.41, 5.74) is 5.19. The van der Waals surface area contributed by atoms with Crippen molar-refractivity contribution < 1.29 is 9.18 Å². The van der Waals surface area contributed by atoms with E-state index in [1.54, 1.807) is 0 Å². The Morgan fingerprint density at radius 3 is 1.11 bits per heavy atom. The Kier molecular flexibility index (Phi) is 11.3. The maximum atomic E-state index is 9.50. The normalized spacial score (nSPS) is 8.00. The van der Waals surface area contributed by atoms with E-state index in [4.69, 9.17) is 4.79 Å². The molecular formula is C16H22FNO. The van der Waals surface area contributed by atoms with Gasteiger partial charge in [0.05, 0.1) is 7.18 Å². The molecule has 0 aliphatic rings. The Bertz CT molecular complexity index is 394. The van der Waals surface area contributed by atoms with Gasteiger partial charge in [-0.2, -0.15) is 0 Å². The van der Waals surface area contributed by atoms with E-state index in [2.05, 4.69) is 62.4 Å². The highest BCUT2D eigenvalue weighted by molar-refractivity contribution is 5.63. The van der Waals surface area contributed by atoms with Gasteiger partial charge in [0.15, 0.2) is 0 Å². The van der Waals surface area contributed by atoms with Crippen LogP contribution in [0.15, 0.2) is 48.5 Å². The highest BCUT2D eigenvalue weighted by Crippen LogP contribution is 2.19. The van der Waals surface area contributed by atoms with Crippen molar-refractivity contribution in [2.24, 2.45) is 0 Å². The molecule has 2 aromatic rings. The first kappa shape index (κ1) is 19.3. The lowest BCUT2D eigenvalue weighted by Gasteiger charge is -2.02. The van der Waals surface area contributed by atoms with Crippen molar-refractivity contribution >= 4 is 6.79 Å². The number of rotatable bonds is 1. The third kappa shape index (κ3) is 6.48. The minimum absolute atomic E-state index is 0. The van der Waals surface area contributed by atoms with Gasteiger partial charge in [0.2, 0.25) is 0 Å². The summed E-state index contributed by atoms with van der Waals surface area (Å²) in [5.74, 6) is 0. The van der Waals surface area contributed by atoms with Crippen LogP contribution in [0.3, 0.4) is 0 Å². The fraction of sp³-hybridized carbons (Fsp3) is 0.188. The van der Waals surface area contributed by atoms with Crippen LogP contribution >= 0.6 is 0 Å². The highest BCUT2D eigenvalue weighted by atomic mass is 19.1. The van der Waals surface area contributed by atoms with Gasteiger partial charge in [-0.25, -0.2) is 0 Å². The monoisotopic (exact) mass is 263 g/mol. The lowest BCUT2D eigenvalue weighted by Crippen LogP contribution is -1.78. The fourth-order valence-electron chi connectivity index (χ4n) is 1.49. The van der Waals surface area contributed by atoms with Gasteiger partial charge >= 0.3 is 0 Å². The molecule has 0 heterocycles. The number of halogens is 1. The molecule has 0 unspecified atom stereocenters. The summed E-state index contributed by atoms with van der Waals surface area (Å²) < 4.78 is 9.50. The molecule has 0 bridgehead atoms. The molecule has 0 aliphatic heterocycles. The van der Waals surface area contributed by atoms with Gasteiger partial charge in [0.1, 0.15) is 6.79 Å². The second-order valence-electron chi connectivity index (χ2n) is 3.73. The number of aryl methyl sites for hydroxylation is 2. The van der Waals surface area contributed by atoms with Crippen LogP contribution in [0.1, 0.15) is 11.1 Å². The molecule has 0 spiro atoms. The van der Waals surface area contributed by atoms with Gasteiger partial charge in [-0.15, -0.1) is 0 Å². The number of hydrogen-bond acceptors (Lipinski definition) is 2. The van der Waals surface area contributed by atoms with Crippen molar-refractivity contribution in [2.45, 2.75) is 13.8 Å². The van der Waals surface area contributed by atoms with E-state index in [0.29, 0.717) is 7.18 Å².